The summed E-state index contributed by atoms with van der Waals surface area (Å²) in [7, 11) is 0. The van der Waals surface area contributed by atoms with Gasteiger partial charge in [0.05, 0.1) is 0 Å². The first kappa shape index (κ1) is 6.41. The maximum absolute atomic E-state index is 5.94. The number of hydrogen-bond donors (Lipinski definition) is 0. The molecule has 0 aromatic carbocycles. The van der Waals surface area contributed by atoms with Crippen LogP contribution in [0, 0.1) is 11.3 Å². The standard InChI is InChI=1S/C7H13Cl/c1-4-5-6(8)7(5,2)3/h5-6H,4H2,1-3H3. The zero-order chi connectivity index (χ0) is 6.36. The molecule has 0 aromatic rings. The molecule has 1 heteroatoms. The van der Waals surface area contributed by atoms with Crippen molar-refractivity contribution in [3.05, 3.63) is 0 Å². The van der Waals surface area contributed by atoms with Gasteiger partial charge in [0.2, 0.25) is 0 Å². The summed E-state index contributed by atoms with van der Waals surface area (Å²) < 4.78 is 0. The predicted molar refractivity (Wildman–Crippen MR) is 37.2 cm³/mol. The Morgan fingerprint density at radius 3 is 1.88 bits per heavy atom. The van der Waals surface area contributed by atoms with Gasteiger partial charge in [0, 0.05) is 5.38 Å². The normalized spacial score (nSPS) is 42.0. The van der Waals surface area contributed by atoms with E-state index in [1.165, 1.54) is 6.42 Å². The van der Waals surface area contributed by atoms with Crippen LogP contribution in [-0.2, 0) is 0 Å². The van der Waals surface area contributed by atoms with Gasteiger partial charge in [0.15, 0.2) is 0 Å². The molecule has 1 aliphatic rings. The molecule has 1 aliphatic carbocycles. The fourth-order valence-corrected chi connectivity index (χ4v) is 2.00. The van der Waals surface area contributed by atoms with Gasteiger partial charge >= 0.3 is 0 Å². The van der Waals surface area contributed by atoms with Gasteiger partial charge in [-0.3, -0.25) is 0 Å². The van der Waals surface area contributed by atoms with Gasteiger partial charge < -0.3 is 0 Å². The highest BCUT2D eigenvalue weighted by Gasteiger charge is 2.55. The molecule has 1 rings (SSSR count). The van der Waals surface area contributed by atoms with Crippen molar-refractivity contribution >= 4 is 11.6 Å². The van der Waals surface area contributed by atoms with Crippen LogP contribution < -0.4 is 0 Å². The van der Waals surface area contributed by atoms with Crippen molar-refractivity contribution in [1.29, 1.82) is 0 Å². The highest BCUT2D eigenvalue weighted by Crippen LogP contribution is 2.57. The van der Waals surface area contributed by atoms with Crippen molar-refractivity contribution in [2.24, 2.45) is 11.3 Å². The van der Waals surface area contributed by atoms with Crippen LogP contribution in [0.1, 0.15) is 27.2 Å². The first-order chi connectivity index (χ1) is 3.60. The molecule has 8 heavy (non-hydrogen) atoms. The third-order valence-electron chi connectivity index (χ3n) is 2.35. The highest BCUT2D eigenvalue weighted by atomic mass is 35.5. The van der Waals surface area contributed by atoms with E-state index in [1.807, 2.05) is 0 Å². The summed E-state index contributed by atoms with van der Waals surface area (Å²) in [6.45, 7) is 6.67. The van der Waals surface area contributed by atoms with Crippen molar-refractivity contribution in [1.82, 2.24) is 0 Å². The van der Waals surface area contributed by atoms with Crippen LogP contribution in [0.5, 0.6) is 0 Å². The SMILES string of the molecule is CCC1C(Cl)C1(C)C. The summed E-state index contributed by atoms with van der Waals surface area (Å²) in [6.07, 6.45) is 1.24. The maximum atomic E-state index is 5.94. The molecule has 2 atom stereocenters. The van der Waals surface area contributed by atoms with E-state index in [0.717, 1.165) is 5.92 Å². The van der Waals surface area contributed by atoms with Crippen LogP contribution >= 0.6 is 11.6 Å². The molecule has 0 radical (unpaired) electrons. The maximum Gasteiger partial charge on any atom is 0.0423 e. The van der Waals surface area contributed by atoms with Gasteiger partial charge in [-0.1, -0.05) is 27.2 Å². The average molecular weight is 133 g/mol. The lowest BCUT2D eigenvalue weighted by atomic mass is 10.1. The minimum atomic E-state index is 0.441. The van der Waals surface area contributed by atoms with Crippen LogP contribution in [0.3, 0.4) is 0 Å². The molecule has 48 valence electrons. The second-order valence-corrected chi connectivity index (χ2v) is 3.71. The number of halogens is 1. The van der Waals surface area contributed by atoms with Crippen molar-refractivity contribution in [3.63, 3.8) is 0 Å². The topological polar surface area (TPSA) is 0 Å². The molecule has 0 bridgehead atoms. The summed E-state index contributed by atoms with van der Waals surface area (Å²) in [5, 5.41) is 0.451. The van der Waals surface area contributed by atoms with E-state index in [4.69, 9.17) is 11.6 Å². The van der Waals surface area contributed by atoms with Gasteiger partial charge in [-0.2, -0.15) is 0 Å². The highest BCUT2D eigenvalue weighted by molar-refractivity contribution is 6.23. The molecule has 0 aliphatic heterocycles. The fraction of sp³-hybridized carbons (Fsp3) is 1.00. The van der Waals surface area contributed by atoms with E-state index in [1.54, 1.807) is 0 Å². The largest absolute Gasteiger partial charge is 0.122 e. The van der Waals surface area contributed by atoms with E-state index in [0.29, 0.717) is 10.8 Å². The lowest BCUT2D eigenvalue weighted by molar-refractivity contribution is 0.549. The first-order valence-corrected chi connectivity index (χ1v) is 3.68. The molecule has 0 aromatic heterocycles. The van der Waals surface area contributed by atoms with Gasteiger partial charge in [-0.15, -0.1) is 11.6 Å². The van der Waals surface area contributed by atoms with E-state index in [9.17, 15) is 0 Å². The molecule has 0 spiro atoms. The van der Waals surface area contributed by atoms with Gasteiger partial charge in [0.25, 0.3) is 0 Å². The van der Waals surface area contributed by atoms with Crippen LogP contribution in [0.15, 0.2) is 0 Å². The third kappa shape index (κ3) is 0.663. The fourth-order valence-electron chi connectivity index (χ4n) is 1.41. The van der Waals surface area contributed by atoms with Crippen LogP contribution in [0.4, 0.5) is 0 Å². The smallest absolute Gasteiger partial charge is 0.0423 e. The van der Waals surface area contributed by atoms with E-state index in [2.05, 4.69) is 20.8 Å². The van der Waals surface area contributed by atoms with Gasteiger partial charge in [-0.05, 0) is 11.3 Å². The molecular weight excluding hydrogens is 120 g/mol. The first-order valence-electron chi connectivity index (χ1n) is 3.24. The molecule has 0 heterocycles. The zero-order valence-corrected chi connectivity index (χ0v) is 6.50. The van der Waals surface area contributed by atoms with E-state index >= 15 is 0 Å². The van der Waals surface area contributed by atoms with Crippen molar-refractivity contribution < 1.29 is 0 Å². The minimum Gasteiger partial charge on any atom is -0.122 e. The molecular formula is C7H13Cl. The average Bonchev–Trinajstić information content (AvgIpc) is 2.09. The van der Waals surface area contributed by atoms with E-state index in [-0.39, 0.29) is 0 Å². The molecule has 0 saturated heterocycles. The second-order valence-electron chi connectivity index (χ2n) is 3.24. The van der Waals surface area contributed by atoms with Crippen molar-refractivity contribution in [2.75, 3.05) is 0 Å². The molecule has 1 saturated carbocycles. The Kier molecular flexibility index (Phi) is 1.31. The third-order valence-corrected chi connectivity index (χ3v) is 3.22. The van der Waals surface area contributed by atoms with Gasteiger partial charge in [-0.25, -0.2) is 0 Å². The Hall–Kier alpha value is 0.290. The lowest BCUT2D eigenvalue weighted by Gasteiger charge is -1.95. The lowest BCUT2D eigenvalue weighted by Crippen LogP contribution is -1.88. The zero-order valence-electron chi connectivity index (χ0n) is 5.74. The minimum absolute atomic E-state index is 0.441. The Bertz CT molecular complexity index is 96.6. The second kappa shape index (κ2) is 1.63. The summed E-state index contributed by atoms with van der Waals surface area (Å²) in [5.41, 5.74) is 0.441. The summed E-state index contributed by atoms with van der Waals surface area (Å²) in [5.74, 6) is 0.782. The van der Waals surface area contributed by atoms with Crippen molar-refractivity contribution in [2.45, 2.75) is 32.6 Å². The molecule has 0 amide bonds. The molecule has 1 fully saturated rings. The Morgan fingerprint density at radius 1 is 1.50 bits per heavy atom. The Labute approximate surface area is 56.2 Å². The molecule has 0 N–H and O–H groups in total. The monoisotopic (exact) mass is 132 g/mol. The predicted octanol–water partition coefficient (Wildman–Crippen LogP) is 2.66. The summed E-state index contributed by atoms with van der Waals surface area (Å²) >= 11 is 5.94. The summed E-state index contributed by atoms with van der Waals surface area (Å²) in [6, 6.07) is 0. The quantitative estimate of drug-likeness (QED) is 0.482. The van der Waals surface area contributed by atoms with E-state index < -0.39 is 0 Å². The molecule has 2 unspecified atom stereocenters. The Morgan fingerprint density at radius 2 is 1.88 bits per heavy atom. The number of alkyl halides is 1. The molecule has 0 nitrogen and oxygen atoms in total. The van der Waals surface area contributed by atoms with Crippen molar-refractivity contribution in [3.8, 4) is 0 Å². The number of rotatable bonds is 1. The van der Waals surface area contributed by atoms with Crippen LogP contribution in [-0.4, -0.2) is 5.38 Å². The van der Waals surface area contributed by atoms with Crippen LogP contribution in [0.25, 0.3) is 0 Å². The number of hydrogen-bond acceptors (Lipinski definition) is 0. The van der Waals surface area contributed by atoms with Gasteiger partial charge in [0.1, 0.15) is 0 Å². The Balaban J connectivity index is 2.45. The van der Waals surface area contributed by atoms with Crippen LogP contribution in [0.2, 0.25) is 0 Å². The summed E-state index contributed by atoms with van der Waals surface area (Å²) in [4.78, 5) is 0.